The van der Waals surface area contributed by atoms with E-state index in [0.29, 0.717) is 12.1 Å². The molecule has 0 spiro atoms. The van der Waals surface area contributed by atoms with E-state index >= 15 is 0 Å². The summed E-state index contributed by atoms with van der Waals surface area (Å²) in [7, 11) is 0. The first-order chi connectivity index (χ1) is 12.2. The highest BCUT2D eigenvalue weighted by Gasteiger charge is 2.31. The van der Waals surface area contributed by atoms with Gasteiger partial charge >= 0.3 is 0 Å². The summed E-state index contributed by atoms with van der Waals surface area (Å²) >= 11 is 1.59. The van der Waals surface area contributed by atoms with Gasteiger partial charge in [-0.15, -0.1) is 11.3 Å². The molecule has 2 fully saturated rings. The van der Waals surface area contributed by atoms with E-state index in [9.17, 15) is 0 Å². The normalized spacial score (nSPS) is 22.8. The van der Waals surface area contributed by atoms with Gasteiger partial charge in [0.1, 0.15) is 5.82 Å². The van der Waals surface area contributed by atoms with Crippen LogP contribution in [0, 0.1) is 0 Å². The fourth-order valence-corrected chi connectivity index (χ4v) is 4.41. The molecule has 0 aromatic carbocycles. The lowest BCUT2D eigenvalue weighted by molar-refractivity contribution is 0.0842. The van der Waals surface area contributed by atoms with Crippen LogP contribution in [-0.2, 0) is 0 Å². The fourth-order valence-electron chi connectivity index (χ4n) is 3.83. The zero-order valence-corrected chi connectivity index (χ0v) is 15.8. The Bertz CT molecular complexity index is 681. The lowest BCUT2D eigenvalue weighted by Gasteiger charge is -2.39. The largest absolute Gasteiger partial charge is 0.355 e. The Morgan fingerprint density at radius 1 is 1.08 bits per heavy atom. The van der Waals surface area contributed by atoms with E-state index in [1.807, 2.05) is 17.6 Å². The van der Waals surface area contributed by atoms with Gasteiger partial charge in [0.15, 0.2) is 10.8 Å². The maximum atomic E-state index is 4.75. The van der Waals surface area contributed by atoms with Crippen molar-refractivity contribution in [3.8, 4) is 10.8 Å². The number of thiazole rings is 1. The second-order valence-electron chi connectivity index (χ2n) is 7.13. The van der Waals surface area contributed by atoms with Gasteiger partial charge in [-0.3, -0.25) is 9.80 Å². The molecule has 6 nitrogen and oxygen atoms in total. The molecule has 7 heteroatoms. The van der Waals surface area contributed by atoms with Gasteiger partial charge < -0.3 is 4.90 Å². The molecule has 0 bridgehead atoms. The Balaban J connectivity index is 1.39. The Hall–Kier alpha value is -1.57. The Kier molecular flexibility index (Phi) is 4.96. The van der Waals surface area contributed by atoms with E-state index in [4.69, 9.17) is 4.98 Å². The zero-order valence-electron chi connectivity index (χ0n) is 15.0. The van der Waals surface area contributed by atoms with Gasteiger partial charge in [-0.05, 0) is 26.3 Å². The summed E-state index contributed by atoms with van der Waals surface area (Å²) in [6.45, 7) is 11.5. The highest BCUT2D eigenvalue weighted by atomic mass is 32.1. The van der Waals surface area contributed by atoms with Crippen molar-refractivity contribution in [3.05, 3.63) is 23.8 Å². The highest BCUT2D eigenvalue weighted by Crippen LogP contribution is 2.25. The van der Waals surface area contributed by atoms with Crippen molar-refractivity contribution in [2.24, 2.45) is 0 Å². The molecule has 0 aliphatic carbocycles. The van der Waals surface area contributed by atoms with Crippen LogP contribution in [0.15, 0.2) is 23.8 Å². The van der Waals surface area contributed by atoms with Crippen LogP contribution < -0.4 is 4.90 Å². The third-order valence-electron chi connectivity index (χ3n) is 5.35. The predicted octanol–water partition coefficient (Wildman–Crippen LogP) is 2.20. The average molecular weight is 359 g/mol. The summed E-state index contributed by atoms with van der Waals surface area (Å²) in [4.78, 5) is 21.1. The van der Waals surface area contributed by atoms with Gasteiger partial charge in [-0.1, -0.05) is 0 Å². The van der Waals surface area contributed by atoms with Crippen molar-refractivity contribution in [2.75, 3.05) is 44.2 Å². The average Bonchev–Trinajstić information content (AvgIpc) is 3.34. The van der Waals surface area contributed by atoms with Gasteiger partial charge in [-0.2, -0.15) is 0 Å². The number of nitrogens with zero attached hydrogens (tertiary/aromatic N) is 6. The molecule has 2 aromatic rings. The maximum Gasteiger partial charge on any atom is 0.190 e. The molecular weight excluding hydrogens is 332 g/mol. The number of piperazine rings is 1. The Morgan fingerprint density at radius 2 is 1.92 bits per heavy atom. The first-order valence-electron chi connectivity index (χ1n) is 9.16. The highest BCUT2D eigenvalue weighted by molar-refractivity contribution is 7.12. The van der Waals surface area contributed by atoms with Gasteiger partial charge in [0.2, 0.25) is 0 Å². The molecule has 0 amide bonds. The summed E-state index contributed by atoms with van der Waals surface area (Å²) in [6, 6.07) is 3.33. The van der Waals surface area contributed by atoms with Crippen LogP contribution in [0.3, 0.4) is 0 Å². The molecule has 2 aromatic heterocycles. The second-order valence-corrected chi connectivity index (χ2v) is 8.02. The first kappa shape index (κ1) is 16.9. The van der Waals surface area contributed by atoms with Crippen molar-refractivity contribution >= 4 is 17.2 Å². The SMILES string of the molecule is CC(C)N1CCN(C2CCN(c3ccnc(-c4nccs4)n3)C2)CC1. The molecule has 2 saturated heterocycles. The Labute approximate surface area is 153 Å². The molecule has 4 rings (SSSR count). The van der Waals surface area contributed by atoms with E-state index < -0.39 is 0 Å². The molecule has 1 unspecified atom stereocenters. The van der Waals surface area contributed by atoms with E-state index in [1.54, 1.807) is 17.5 Å². The molecule has 4 heterocycles. The van der Waals surface area contributed by atoms with E-state index in [0.717, 1.165) is 29.7 Å². The van der Waals surface area contributed by atoms with Crippen molar-refractivity contribution in [3.63, 3.8) is 0 Å². The standard InChI is InChI=1S/C18H26N6S/c1-14(2)22-8-10-23(11-9-22)15-4-7-24(13-15)16-3-5-19-17(21-16)18-20-6-12-25-18/h3,5-6,12,14-15H,4,7-11,13H2,1-2H3. The van der Waals surface area contributed by atoms with Gasteiger partial charge in [0.05, 0.1) is 0 Å². The molecule has 0 N–H and O–H groups in total. The van der Waals surface area contributed by atoms with Crippen LogP contribution in [0.5, 0.6) is 0 Å². The van der Waals surface area contributed by atoms with Crippen molar-refractivity contribution < 1.29 is 0 Å². The maximum absolute atomic E-state index is 4.75. The minimum atomic E-state index is 0.646. The Morgan fingerprint density at radius 3 is 2.64 bits per heavy atom. The number of anilines is 1. The second kappa shape index (κ2) is 7.35. The summed E-state index contributed by atoms with van der Waals surface area (Å²) in [5, 5.41) is 2.86. The summed E-state index contributed by atoms with van der Waals surface area (Å²) in [5.74, 6) is 1.77. The minimum absolute atomic E-state index is 0.646. The van der Waals surface area contributed by atoms with E-state index in [1.165, 1.54) is 32.6 Å². The van der Waals surface area contributed by atoms with Gasteiger partial charge in [0.25, 0.3) is 0 Å². The lowest BCUT2D eigenvalue weighted by atomic mass is 10.1. The summed E-state index contributed by atoms with van der Waals surface area (Å²) in [5.41, 5.74) is 0. The molecule has 2 aliphatic rings. The van der Waals surface area contributed by atoms with Crippen LogP contribution in [0.2, 0.25) is 0 Å². The third-order valence-corrected chi connectivity index (χ3v) is 6.12. The van der Waals surface area contributed by atoms with Crippen LogP contribution in [0.4, 0.5) is 5.82 Å². The van der Waals surface area contributed by atoms with E-state index in [2.05, 4.69) is 38.5 Å². The minimum Gasteiger partial charge on any atom is -0.355 e. The van der Waals surface area contributed by atoms with E-state index in [-0.39, 0.29) is 0 Å². The van der Waals surface area contributed by atoms with Crippen LogP contribution in [0.25, 0.3) is 10.8 Å². The first-order valence-corrected chi connectivity index (χ1v) is 10.0. The summed E-state index contributed by atoms with van der Waals surface area (Å²) in [6.07, 6.45) is 4.88. The molecule has 25 heavy (non-hydrogen) atoms. The topological polar surface area (TPSA) is 48.4 Å². The number of hydrogen-bond donors (Lipinski definition) is 0. The third kappa shape index (κ3) is 3.68. The van der Waals surface area contributed by atoms with Crippen LogP contribution >= 0.6 is 11.3 Å². The van der Waals surface area contributed by atoms with Gasteiger partial charge in [0, 0.05) is 69.1 Å². The number of rotatable bonds is 4. The monoisotopic (exact) mass is 358 g/mol. The van der Waals surface area contributed by atoms with Crippen LogP contribution in [0.1, 0.15) is 20.3 Å². The van der Waals surface area contributed by atoms with Crippen molar-refractivity contribution in [1.29, 1.82) is 0 Å². The molecule has 0 radical (unpaired) electrons. The molecule has 134 valence electrons. The smallest absolute Gasteiger partial charge is 0.190 e. The molecule has 1 atom stereocenters. The summed E-state index contributed by atoms with van der Waals surface area (Å²) < 4.78 is 0. The predicted molar refractivity (Wildman–Crippen MR) is 102 cm³/mol. The lowest BCUT2D eigenvalue weighted by Crippen LogP contribution is -2.52. The number of hydrogen-bond acceptors (Lipinski definition) is 7. The quantitative estimate of drug-likeness (QED) is 0.835. The number of aromatic nitrogens is 3. The van der Waals surface area contributed by atoms with Crippen molar-refractivity contribution in [1.82, 2.24) is 24.8 Å². The van der Waals surface area contributed by atoms with Crippen molar-refractivity contribution in [2.45, 2.75) is 32.4 Å². The fraction of sp³-hybridized carbons (Fsp3) is 0.611. The van der Waals surface area contributed by atoms with Crippen LogP contribution in [-0.4, -0.2) is 76.1 Å². The van der Waals surface area contributed by atoms with Gasteiger partial charge in [-0.25, -0.2) is 15.0 Å². The molecular formula is C18H26N6S. The zero-order chi connectivity index (χ0) is 17.2. The molecule has 0 saturated carbocycles. The molecule has 2 aliphatic heterocycles.